The topological polar surface area (TPSA) is 71.4 Å². The maximum atomic E-state index is 12.0. The standard InChI is InChI=1S/C26H31N5O2S/c1-6-23(32)28-20-12-11-18(15-22(20)33-5)31-25(19-14-16(3)30(7-2)17(19)4)24(29-26(31)34)21-10-8-9-13-27-21/h8-15,24-25H,6-7H2,1-5H3,(H,28,32)(H,29,34)/t24-,25+/m1/s1. The summed E-state index contributed by atoms with van der Waals surface area (Å²) in [6.45, 7) is 9.17. The molecule has 0 aliphatic carbocycles. The van der Waals surface area contributed by atoms with Crippen LogP contribution in [0.5, 0.6) is 5.75 Å². The molecule has 178 valence electrons. The van der Waals surface area contributed by atoms with Crippen LogP contribution in [-0.4, -0.2) is 27.7 Å². The van der Waals surface area contributed by atoms with Crippen LogP contribution in [0.25, 0.3) is 0 Å². The highest BCUT2D eigenvalue weighted by Crippen LogP contribution is 2.44. The van der Waals surface area contributed by atoms with Gasteiger partial charge in [-0.25, -0.2) is 0 Å². The molecule has 0 spiro atoms. The van der Waals surface area contributed by atoms with Gasteiger partial charge in [0.1, 0.15) is 5.75 Å². The molecule has 4 rings (SSSR count). The third-order valence-electron chi connectivity index (χ3n) is 6.40. The first kappa shape index (κ1) is 23.8. The number of methoxy groups -OCH3 is 1. The molecule has 2 N–H and O–H groups in total. The van der Waals surface area contributed by atoms with Gasteiger partial charge in [0.05, 0.1) is 30.6 Å². The van der Waals surface area contributed by atoms with Crippen LogP contribution in [0.1, 0.15) is 55.0 Å². The minimum absolute atomic E-state index is 0.0653. The number of nitrogens with one attached hydrogen (secondary N) is 2. The predicted molar refractivity (Wildman–Crippen MR) is 139 cm³/mol. The van der Waals surface area contributed by atoms with E-state index in [1.54, 1.807) is 7.11 Å². The summed E-state index contributed by atoms with van der Waals surface area (Å²) in [5.41, 5.74) is 6.07. The Kier molecular flexibility index (Phi) is 6.88. The van der Waals surface area contributed by atoms with Crippen LogP contribution in [0.4, 0.5) is 11.4 Å². The van der Waals surface area contributed by atoms with Gasteiger partial charge in [-0.3, -0.25) is 9.78 Å². The van der Waals surface area contributed by atoms with Crippen molar-refractivity contribution < 1.29 is 9.53 Å². The molecule has 0 bridgehead atoms. The number of ether oxygens (including phenoxy) is 1. The van der Waals surface area contributed by atoms with Gasteiger partial charge in [0.25, 0.3) is 0 Å². The van der Waals surface area contributed by atoms with Crippen molar-refractivity contribution >= 4 is 34.6 Å². The van der Waals surface area contributed by atoms with Gasteiger partial charge < -0.3 is 24.8 Å². The average Bonchev–Trinajstić information content (AvgIpc) is 3.34. The Balaban J connectivity index is 1.83. The molecule has 3 aromatic rings. The zero-order valence-corrected chi connectivity index (χ0v) is 21.1. The van der Waals surface area contributed by atoms with Gasteiger partial charge in [0.2, 0.25) is 5.91 Å². The number of aromatic nitrogens is 2. The molecule has 3 heterocycles. The van der Waals surface area contributed by atoms with Crippen LogP contribution < -0.4 is 20.3 Å². The third-order valence-corrected chi connectivity index (χ3v) is 6.72. The van der Waals surface area contributed by atoms with Gasteiger partial charge in [-0.05, 0) is 68.9 Å². The summed E-state index contributed by atoms with van der Waals surface area (Å²) in [7, 11) is 1.60. The molecule has 2 aromatic heterocycles. The van der Waals surface area contributed by atoms with Crippen molar-refractivity contribution in [3.63, 3.8) is 0 Å². The molecule has 1 amide bonds. The molecule has 0 unspecified atom stereocenters. The van der Waals surface area contributed by atoms with Crippen LogP contribution in [0.15, 0.2) is 48.7 Å². The zero-order chi connectivity index (χ0) is 24.4. The minimum Gasteiger partial charge on any atom is -0.494 e. The fraction of sp³-hybridized carbons (Fsp3) is 0.346. The molecule has 1 aromatic carbocycles. The number of rotatable bonds is 7. The Morgan fingerprint density at radius 1 is 1.21 bits per heavy atom. The molecule has 7 nitrogen and oxygen atoms in total. The fourth-order valence-electron chi connectivity index (χ4n) is 4.73. The molecule has 0 radical (unpaired) electrons. The van der Waals surface area contributed by atoms with Crippen LogP contribution in [0, 0.1) is 13.8 Å². The number of pyridine rings is 1. The highest BCUT2D eigenvalue weighted by atomic mass is 32.1. The van der Waals surface area contributed by atoms with E-state index in [1.807, 2.05) is 49.5 Å². The normalized spacial score (nSPS) is 17.6. The van der Waals surface area contributed by atoms with Crippen LogP contribution in [0.2, 0.25) is 0 Å². The van der Waals surface area contributed by atoms with E-state index in [9.17, 15) is 4.79 Å². The average molecular weight is 478 g/mol. The predicted octanol–water partition coefficient (Wildman–Crippen LogP) is 5.05. The number of hydrogen-bond acceptors (Lipinski definition) is 4. The molecular weight excluding hydrogens is 446 g/mol. The van der Waals surface area contributed by atoms with Gasteiger partial charge in [-0.1, -0.05) is 13.0 Å². The largest absolute Gasteiger partial charge is 0.494 e. The quantitative estimate of drug-likeness (QED) is 0.464. The summed E-state index contributed by atoms with van der Waals surface area (Å²) in [5, 5.41) is 7.03. The van der Waals surface area contributed by atoms with E-state index in [2.05, 4.69) is 51.9 Å². The second-order valence-electron chi connectivity index (χ2n) is 8.35. The summed E-state index contributed by atoms with van der Waals surface area (Å²) in [4.78, 5) is 18.7. The maximum Gasteiger partial charge on any atom is 0.224 e. The Labute approximate surface area is 206 Å². The molecule has 8 heteroatoms. The molecule has 1 aliphatic heterocycles. The number of benzene rings is 1. The maximum absolute atomic E-state index is 12.0. The van der Waals surface area contributed by atoms with Gasteiger partial charge in [0.15, 0.2) is 5.11 Å². The molecule has 1 saturated heterocycles. The third kappa shape index (κ3) is 4.25. The SMILES string of the molecule is CCC(=O)Nc1ccc(N2C(=S)N[C@H](c3ccccn3)[C@@H]2c2cc(C)n(CC)c2C)cc1OC. The lowest BCUT2D eigenvalue weighted by Crippen LogP contribution is -2.29. The molecule has 0 saturated carbocycles. The number of aryl methyl sites for hydroxylation is 1. The Hall–Kier alpha value is -3.39. The minimum atomic E-state index is -0.120. The van der Waals surface area contributed by atoms with Crippen molar-refractivity contribution in [1.82, 2.24) is 14.9 Å². The highest BCUT2D eigenvalue weighted by Gasteiger charge is 2.42. The Bertz CT molecular complexity index is 1210. The van der Waals surface area contributed by atoms with E-state index in [4.69, 9.17) is 17.0 Å². The van der Waals surface area contributed by atoms with E-state index in [0.29, 0.717) is 23.0 Å². The van der Waals surface area contributed by atoms with Crippen molar-refractivity contribution in [3.8, 4) is 5.75 Å². The number of anilines is 2. The lowest BCUT2D eigenvalue weighted by Gasteiger charge is -2.28. The molecule has 2 atom stereocenters. The lowest BCUT2D eigenvalue weighted by molar-refractivity contribution is -0.115. The van der Waals surface area contributed by atoms with Gasteiger partial charge in [-0.15, -0.1) is 0 Å². The van der Waals surface area contributed by atoms with Crippen molar-refractivity contribution in [1.29, 1.82) is 0 Å². The number of carbonyl (C=O) groups is 1. The van der Waals surface area contributed by atoms with E-state index in [0.717, 1.165) is 17.9 Å². The first-order chi connectivity index (χ1) is 16.4. The van der Waals surface area contributed by atoms with Crippen LogP contribution >= 0.6 is 12.2 Å². The van der Waals surface area contributed by atoms with Crippen molar-refractivity contribution in [2.24, 2.45) is 0 Å². The summed E-state index contributed by atoms with van der Waals surface area (Å²) >= 11 is 5.86. The molecule has 34 heavy (non-hydrogen) atoms. The fourth-order valence-corrected chi connectivity index (χ4v) is 5.08. The smallest absolute Gasteiger partial charge is 0.224 e. The van der Waals surface area contributed by atoms with E-state index in [1.165, 1.54) is 17.0 Å². The van der Waals surface area contributed by atoms with E-state index >= 15 is 0 Å². The molecule has 1 fully saturated rings. The van der Waals surface area contributed by atoms with Gasteiger partial charge >= 0.3 is 0 Å². The molecule has 1 aliphatic rings. The first-order valence-corrected chi connectivity index (χ1v) is 12.0. The first-order valence-electron chi connectivity index (χ1n) is 11.5. The number of carbonyl (C=O) groups excluding carboxylic acids is 1. The van der Waals surface area contributed by atoms with E-state index in [-0.39, 0.29) is 18.0 Å². The van der Waals surface area contributed by atoms with Crippen LogP contribution in [-0.2, 0) is 11.3 Å². The summed E-state index contributed by atoms with van der Waals surface area (Å²) in [6.07, 6.45) is 2.20. The highest BCUT2D eigenvalue weighted by molar-refractivity contribution is 7.80. The van der Waals surface area contributed by atoms with Crippen molar-refractivity contribution in [2.75, 3.05) is 17.3 Å². The van der Waals surface area contributed by atoms with Crippen LogP contribution in [0.3, 0.4) is 0 Å². The number of thiocarbonyl (C=S) groups is 1. The van der Waals surface area contributed by atoms with Crippen molar-refractivity contribution in [3.05, 3.63) is 71.3 Å². The Morgan fingerprint density at radius 2 is 2.00 bits per heavy atom. The Morgan fingerprint density at radius 3 is 2.62 bits per heavy atom. The monoisotopic (exact) mass is 477 g/mol. The summed E-state index contributed by atoms with van der Waals surface area (Å²) < 4.78 is 7.94. The lowest BCUT2D eigenvalue weighted by atomic mass is 9.96. The second-order valence-corrected chi connectivity index (χ2v) is 8.74. The van der Waals surface area contributed by atoms with Crippen molar-refractivity contribution in [2.45, 2.75) is 52.7 Å². The second kappa shape index (κ2) is 9.85. The zero-order valence-electron chi connectivity index (χ0n) is 20.3. The number of hydrogen-bond donors (Lipinski definition) is 2. The molecular formula is C26H31N5O2S. The number of amides is 1. The van der Waals surface area contributed by atoms with Gasteiger partial charge in [-0.2, -0.15) is 0 Å². The van der Waals surface area contributed by atoms with Gasteiger partial charge in [0, 0.05) is 42.3 Å². The van der Waals surface area contributed by atoms with E-state index < -0.39 is 0 Å². The summed E-state index contributed by atoms with van der Waals surface area (Å²) in [6, 6.07) is 13.7. The summed E-state index contributed by atoms with van der Waals surface area (Å²) in [5.74, 6) is 0.519. The number of nitrogens with zero attached hydrogens (tertiary/aromatic N) is 3.